The first-order chi connectivity index (χ1) is 25.5. The Morgan fingerprint density at radius 2 is 0.981 bits per heavy atom. The van der Waals surface area contributed by atoms with E-state index in [2.05, 4.69) is 168 Å². The predicted octanol–water partition coefficient (Wildman–Crippen LogP) is 8.36. The molecule has 0 atom stereocenters. The summed E-state index contributed by atoms with van der Waals surface area (Å²) >= 11 is 0. The van der Waals surface area contributed by atoms with E-state index in [1.54, 1.807) is 13.2 Å². The zero-order chi connectivity index (χ0) is 38.5. The van der Waals surface area contributed by atoms with Crippen molar-refractivity contribution in [1.82, 2.24) is 8.96 Å². The lowest BCUT2D eigenvalue weighted by Gasteiger charge is -2.29. The molecule has 0 spiro atoms. The van der Waals surface area contributed by atoms with E-state index >= 15 is 0 Å². The van der Waals surface area contributed by atoms with Crippen LogP contribution in [-0.2, 0) is 20.9 Å². The van der Waals surface area contributed by atoms with Gasteiger partial charge in [-0.2, -0.15) is 0 Å². The molecule has 0 saturated carbocycles. The lowest BCUT2D eigenvalue weighted by molar-refractivity contribution is -0.420. The Kier molecular flexibility index (Phi) is 8.09. The second-order valence-electron chi connectivity index (χ2n) is 17.7. The quantitative estimate of drug-likeness (QED) is 0.104. The number of aromatic nitrogens is 2. The number of allylic oxidation sites excluding steroid dienone is 1. The van der Waals surface area contributed by atoms with Gasteiger partial charge in [0.15, 0.2) is 5.70 Å². The van der Waals surface area contributed by atoms with E-state index in [9.17, 15) is 10.1 Å². The Bertz CT molecular complexity index is 2580. The van der Waals surface area contributed by atoms with Crippen molar-refractivity contribution in [2.45, 2.75) is 78.6 Å². The molecule has 272 valence electrons. The van der Waals surface area contributed by atoms with Gasteiger partial charge in [0, 0.05) is 52.0 Å². The number of rotatable bonds is 5. The molecule has 7 nitrogen and oxygen atoms in total. The van der Waals surface area contributed by atoms with Crippen LogP contribution in [0.15, 0.2) is 120 Å². The summed E-state index contributed by atoms with van der Waals surface area (Å²) < 4.78 is 10.9. The van der Waals surface area contributed by atoms with Gasteiger partial charge in [0.1, 0.15) is 0 Å². The minimum absolute atomic E-state index is 0.00637. The van der Waals surface area contributed by atoms with E-state index in [0.717, 1.165) is 49.9 Å². The third-order valence-electron chi connectivity index (χ3n) is 11.1. The summed E-state index contributed by atoms with van der Waals surface area (Å²) in [4.78, 5) is 18.0. The maximum Gasteiger partial charge on any atom is 0.557 e. The number of benzene rings is 3. The maximum atomic E-state index is 13.1. The fourth-order valence-electron chi connectivity index (χ4n) is 8.04. The first kappa shape index (κ1) is 35.6. The molecule has 54 heavy (non-hydrogen) atoms. The van der Waals surface area contributed by atoms with Gasteiger partial charge in [0.2, 0.25) is 0 Å². The monoisotopic (exact) mass is 714 g/mol. The van der Waals surface area contributed by atoms with Crippen molar-refractivity contribution < 1.29 is 9.58 Å². The van der Waals surface area contributed by atoms with Crippen molar-refractivity contribution >= 4 is 29.6 Å². The van der Waals surface area contributed by atoms with Crippen LogP contribution in [0, 0.1) is 10.1 Å². The minimum Gasteiger partial charge on any atom is -0.400 e. The van der Waals surface area contributed by atoms with Gasteiger partial charge in [0.05, 0.1) is 10.6 Å². The van der Waals surface area contributed by atoms with E-state index in [1.807, 2.05) is 0 Å². The standard InChI is InChI=1S/C46H47BN4O3/c1-44(2,3)31-17-11-28(12-18-31)40-34-27-39(51(52)53)43(48-34)42(30-15-21-33(22-16-30)46(7,8)9)38-26-25-37-41(29-13-19-32(20-14-29)45(4,5)6)36-24-23-35(40)49(36)47(54-10)50(37)38/h11-27H,1-10H3. The molecule has 8 rings (SSSR count). The fourth-order valence-corrected chi connectivity index (χ4v) is 8.04. The van der Waals surface area contributed by atoms with Gasteiger partial charge < -0.3 is 13.6 Å². The van der Waals surface area contributed by atoms with Gasteiger partial charge >= 0.3 is 7.19 Å². The van der Waals surface area contributed by atoms with E-state index in [4.69, 9.17) is 9.65 Å². The van der Waals surface area contributed by atoms with Crippen LogP contribution in [0.3, 0.4) is 0 Å². The highest BCUT2D eigenvalue weighted by atomic mass is 16.6. The molecule has 0 unspecified atom stereocenters. The molecule has 0 amide bonds. The third kappa shape index (κ3) is 5.66. The summed E-state index contributed by atoms with van der Waals surface area (Å²) in [5.74, 6) is 0. The molecule has 0 radical (unpaired) electrons. The highest BCUT2D eigenvalue weighted by Crippen LogP contribution is 2.40. The number of hydrogen-bond donors (Lipinski definition) is 0. The van der Waals surface area contributed by atoms with Crippen LogP contribution in [0.25, 0.3) is 16.7 Å². The van der Waals surface area contributed by atoms with Crippen molar-refractivity contribution in [2.75, 3.05) is 7.11 Å². The maximum absolute atomic E-state index is 13.1. The zero-order valence-corrected chi connectivity index (χ0v) is 32.9. The van der Waals surface area contributed by atoms with E-state index in [1.165, 1.54) is 16.7 Å². The average molecular weight is 715 g/mol. The Hall–Kier alpha value is -5.47. The smallest absolute Gasteiger partial charge is 0.400 e. The molecule has 0 fully saturated rings. The molecule has 3 aliphatic heterocycles. The summed E-state index contributed by atoms with van der Waals surface area (Å²) in [5, 5.41) is 14.9. The van der Waals surface area contributed by atoms with Gasteiger partial charge in [-0.15, -0.1) is 0 Å². The fraction of sp³-hybridized carbons (Fsp3) is 0.283. The van der Waals surface area contributed by atoms with Gasteiger partial charge in [-0.25, -0.2) is 4.99 Å². The van der Waals surface area contributed by atoms with Crippen LogP contribution in [0.1, 0.15) is 107 Å². The van der Waals surface area contributed by atoms with Crippen LogP contribution in [0.4, 0.5) is 0 Å². The number of fused-ring (bicyclic) bond motifs is 1. The topological polar surface area (TPSA) is 74.6 Å². The molecule has 0 N–H and O–H groups in total. The van der Waals surface area contributed by atoms with Crippen LogP contribution in [-0.4, -0.2) is 33.9 Å². The Morgan fingerprint density at radius 3 is 1.41 bits per heavy atom. The molecule has 5 heterocycles. The first-order valence-electron chi connectivity index (χ1n) is 18.7. The second kappa shape index (κ2) is 12.3. The molecule has 5 aromatic rings. The second-order valence-corrected chi connectivity index (χ2v) is 17.7. The van der Waals surface area contributed by atoms with E-state index in [-0.39, 0.29) is 26.9 Å². The molecular formula is C46H47BN4O3. The van der Waals surface area contributed by atoms with E-state index < -0.39 is 7.19 Å². The summed E-state index contributed by atoms with van der Waals surface area (Å²) in [6.07, 6.45) is 1.65. The predicted molar refractivity (Wildman–Crippen MR) is 220 cm³/mol. The molecule has 3 aliphatic rings. The highest BCUT2D eigenvalue weighted by molar-refractivity contribution is 6.50. The number of aliphatic imine (C=N–C) groups is 1. The zero-order valence-electron chi connectivity index (χ0n) is 32.9. The van der Waals surface area contributed by atoms with E-state index in [0.29, 0.717) is 17.0 Å². The summed E-state index contributed by atoms with van der Waals surface area (Å²) in [6.45, 7) is 19.8. The summed E-state index contributed by atoms with van der Waals surface area (Å²) in [7, 11) is 1.14. The number of nitro groups is 1. The van der Waals surface area contributed by atoms with Crippen LogP contribution in [0.2, 0.25) is 0 Å². The summed E-state index contributed by atoms with van der Waals surface area (Å²) in [6, 6.07) is 34.2. The first-order valence-corrected chi connectivity index (χ1v) is 18.7. The number of nitrogens with zero attached hydrogens (tertiary/aromatic N) is 4. The van der Waals surface area contributed by atoms with Crippen molar-refractivity contribution in [3.63, 3.8) is 0 Å². The Balaban J connectivity index is 1.53. The highest BCUT2D eigenvalue weighted by Gasteiger charge is 2.40. The van der Waals surface area contributed by atoms with Gasteiger partial charge in [-0.05, 0) is 73.9 Å². The molecule has 4 bridgehead atoms. The lowest BCUT2D eigenvalue weighted by Crippen LogP contribution is -2.52. The van der Waals surface area contributed by atoms with Crippen LogP contribution in [0.5, 0.6) is 0 Å². The Morgan fingerprint density at radius 1 is 0.574 bits per heavy atom. The van der Waals surface area contributed by atoms with Crippen molar-refractivity contribution in [2.24, 2.45) is 4.99 Å². The number of hydrogen-bond acceptors (Lipinski definition) is 4. The average Bonchev–Trinajstić information content (AvgIpc) is 3.86. The van der Waals surface area contributed by atoms with Crippen molar-refractivity contribution in [3.05, 3.63) is 180 Å². The molecule has 0 saturated heterocycles. The van der Waals surface area contributed by atoms with Crippen molar-refractivity contribution in [1.29, 1.82) is 0 Å². The Labute approximate surface area is 318 Å². The van der Waals surface area contributed by atoms with Crippen LogP contribution >= 0.6 is 0 Å². The minimum atomic E-state index is -0.590. The molecule has 0 aliphatic carbocycles. The molecule has 8 heteroatoms. The van der Waals surface area contributed by atoms with Crippen LogP contribution < -0.4 is 10.7 Å². The molecule has 3 aromatic carbocycles. The van der Waals surface area contributed by atoms with Gasteiger partial charge in [-0.3, -0.25) is 10.1 Å². The van der Waals surface area contributed by atoms with Gasteiger partial charge in [0.25, 0.3) is 5.70 Å². The largest absolute Gasteiger partial charge is 0.557 e. The van der Waals surface area contributed by atoms with Gasteiger partial charge in [-0.1, -0.05) is 135 Å². The third-order valence-corrected chi connectivity index (χ3v) is 11.1. The lowest BCUT2D eigenvalue weighted by atomic mass is 9.84. The van der Waals surface area contributed by atoms with Crippen molar-refractivity contribution in [3.8, 4) is 0 Å². The normalized spacial score (nSPS) is 15.5. The SMILES string of the molecule is COB1n2c3ccc2C(c2ccc(C(C)(C)C)cc2)=c2ccc(n21)=C(c1ccc(C(C)(C)C)cc1)C1=NC(=C3c2ccc(C(C)(C)C)cc2)C([N+](=O)[O-])=C1. The molecule has 2 aromatic heterocycles. The molecular weight excluding hydrogens is 667 g/mol. The summed E-state index contributed by atoms with van der Waals surface area (Å²) in [5.41, 5.74) is 11.5.